The molecule has 2 aromatic heterocycles. The number of hydrogen-bond acceptors (Lipinski definition) is 6. The Balaban J connectivity index is 1.71. The third-order valence-corrected chi connectivity index (χ3v) is 6.50. The molecule has 5 rings (SSSR count). The molecule has 8 nitrogen and oxygen atoms in total. The Morgan fingerprint density at radius 3 is 2.38 bits per heavy atom. The minimum Gasteiger partial charge on any atom is -0.496 e. The van der Waals surface area contributed by atoms with Gasteiger partial charge in [0, 0.05) is 18.1 Å². The molecule has 0 aliphatic carbocycles. The van der Waals surface area contributed by atoms with Crippen molar-refractivity contribution in [3.8, 4) is 22.9 Å². The lowest BCUT2D eigenvalue weighted by Gasteiger charge is -2.14. The van der Waals surface area contributed by atoms with Crippen LogP contribution >= 0.6 is 0 Å². The van der Waals surface area contributed by atoms with Gasteiger partial charge in [-0.25, -0.2) is 4.98 Å². The summed E-state index contributed by atoms with van der Waals surface area (Å²) in [5.41, 5.74) is 5.76. The van der Waals surface area contributed by atoms with Crippen molar-refractivity contribution in [1.82, 2.24) is 19.7 Å². The molecule has 8 heteroatoms. The van der Waals surface area contributed by atoms with E-state index in [2.05, 4.69) is 17.1 Å². The molecule has 0 radical (unpaired) electrons. The average molecular weight is 499 g/mol. The Labute approximate surface area is 214 Å². The summed E-state index contributed by atoms with van der Waals surface area (Å²) in [6.45, 7) is 7.45. The number of aromatic amines is 1. The van der Waals surface area contributed by atoms with Crippen LogP contribution in [0, 0.1) is 20.8 Å². The minimum absolute atomic E-state index is 0.264. The highest BCUT2D eigenvalue weighted by molar-refractivity contribution is 6.07. The molecule has 0 saturated carbocycles. The molecular formula is C29H30N4O4. The van der Waals surface area contributed by atoms with Gasteiger partial charge in [-0.2, -0.15) is 5.10 Å². The van der Waals surface area contributed by atoms with E-state index < -0.39 is 0 Å². The fraction of sp³-hybridized carbons (Fsp3) is 0.276. The Hall–Kier alpha value is -4.17. The fourth-order valence-corrected chi connectivity index (χ4v) is 4.80. The van der Waals surface area contributed by atoms with Gasteiger partial charge < -0.3 is 19.2 Å². The highest BCUT2D eigenvalue weighted by Crippen LogP contribution is 2.34. The quantitative estimate of drug-likeness (QED) is 0.305. The summed E-state index contributed by atoms with van der Waals surface area (Å²) in [7, 11) is 3.21. The molecule has 0 spiro atoms. The lowest BCUT2D eigenvalue weighted by atomic mass is 10.0. The van der Waals surface area contributed by atoms with Gasteiger partial charge in [-0.3, -0.25) is 9.48 Å². The lowest BCUT2D eigenvalue weighted by molar-refractivity contribution is 0.145. The smallest absolute Gasteiger partial charge is 0.262 e. The Kier molecular flexibility index (Phi) is 6.67. The van der Waals surface area contributed by atoms with E-state index in [0.717, 1.165) is 44.6 Å². The number of rotatable bonds is 8. The number of benzene rings is 3. The molecule has 0 aliphatic rings. The first-order chi connectivity index (χ1) is 17.9. The van der Waals surface area contributed by atoms with Crippen LogP contribution in [0.2, 0.25) is 0 Å². The number of aryl methyl sites for hydroxylation is 3. The summed E-state index contributed by atoms with van der Waals surface area (Å²) in [6, 6.07) is 15.9. The van der Waals surface area contributed by atoms with Gasteiger partial charge >= 0.3 is 0 Å². The van der Waals surface area contributed by atoms with Gasteiger partial charge in [0.15, 0.2) is 0 Å². The van der Waals surface area contributed by atoms with Crippen LogP contribution in [0.25, 0.3) is 33.2 Å². The molecule has 2 heterocycles. The Morgan fingerprint density at radius 1 is 0.973 bits per heavy atom. The van der Waals surface area contributed by atoms with Crippen molar-refractivity contribution in [2.24, 2.45) is 0 Å². The molecule has 0 saturated heterocycles. The number of ether oxygens (including phenoxy) is 3. The second-order valence-electron chi connectivity index (χ2n) is 9.12. The summed E-state index contributed by atoms with van der Waals surface area (Å²) >= 11 is 0. The first-order valence-corrected chi connectivity index (χ1v) is 12.2. The molecule has 1 N–H and O–H groups in total. The van der Waals surface area contributed by atoms with Crippen molar-refractivity contribution in [2.75, 3.05) is 27.4 Å². The average Bonchev–Trinajstić information content (AvgIpc) is 3.20. The maximum atomic E-state index is 13.4. The van der Waals surface area contributed by atoms with E-state index in [1.54, 1.807) is 14.2 Å². The number of nitrogens with zero attached hydrogens (tertiary/aromatic N) is 3. The van der Waals surface area contributed by atoms with E-state index in [-0.39, 0.29) is 5.56 Å². The molecule has 0 bridgehead atoms. The molecule has 0 amide bonds. The second-order valence-corrected chi connectivity index (χ2v) is 9.12. The van der Waals surface area contributed by atoms with E-state index in [4.69, 9.17) is 24.3 Å². The third-order valence-electron chi connectivity index (χ3n) is 6.50. The first kappa shape index (κ1) is 24.5. The van der Waals surface area contributed by atoms with Gasteiger partial charge in [0.2, 0.25) is 0 Å². The zero-order valence-corrected chi connectivity index (χ0v) is 21.7. The van der Waals surface area contributed by atoms with Crippen molar-refractivity contribution >= 4 is 21.8 Å². The molecule has 0 unspecified atom stereocenters. The summed E-state index contributed by atoms with van der Waals surface area (Å²) in [5.74, 6) is 1.76. The van der Waals surface area contributed by atoms with Gasteiger partial charge in [-0.15, -0.1) is 0 Å². The number of nitrogens with one attached hydrogen (secondary N) is 1. The molecule has 3 aromatic carbocycles. The van der Waals surface area contributed by atoms with Crippen LogP contribution in [0.4, 0.5) is 0 Å². The number of aromatic nitrogens is 4. The van der Waals surface area contributed by atoms with Gasteiger partial charge in [-0.05, 0) is 55.7 Å². The van der Waals surface area contributed by atoms with E-state index in [1.807, 2.05) is 61.9 Å². The highest BCUT2D eigenvalue weighted by atomic mass is 16.5. The van der Waals surface area contributed by atoms with Crippen molar-refractivity contribution in [1.29, 1.82) is 0 Å². The first-order valence-electron chi connectivity index (χ1n) is 12.2. The van der Waals surface area contributed by atoms with Crippen LogP contribution in [0.5, 0.6) is 11.5 Å². The molecule has 0 atom stereocenters. The summed E-state index contributed by atoms with van der Waals surface area (Å²) in [6.07, 6.45) is 0. The van der Waals surface area contributed by atoms with Crippen LogP contribution in [0.15, 0.2) is 53.3 Å². The highest BCUT2D eigenvalue weighted by Gasteiger charge is 2.20. The number of H-pyrrole nitrogens is 1. The van der Waals surface area contributed by atoms with Crippen molar-refractivity contribution in [3.63, 3.8) is 0 Å². The maximum absolute atomic E-state index is 13.4. The van der Waals surface area contributed by atoms with Gasteiger partial charge in [-0.1, -0.05) is 30.3 Å². The third kappa shape index (κ3) is 4.56. The second kappa shape index (κ2) is 10.1. The van der Waals surface area contributed by atoms with Crippen molar-refractivity contribution in [2.45, 2.75) is 27.3 Å². The fourth-order valence-electron chi connectivity index (χ4n) is 4.80. The molecule has 190 valence electrons. The zero-order chi connectivity index (χ0) is 26.1. The number of methoxy groups -OCH3 is 2. The molecular weight excluding hydrogens is 468 g/mol. The monoisotopic (exact) mass is 498 g/mol. The number of hydrogen-bond donors (Lipinski definition) is 1. The van der Waals surface area contributed by atoms with Gasteiger partial charge in [0.1, 0.15) is 34.8 Å². The van der Waals surface area contributed by atoms with Crippen molar-refractivity contribution < 1.29 is 14.2 Å². The summed E-state index contributed by atoms with van der Waals surface area (Å²) in [5, 5.41) is 6.11. The van der Waals surface area contributed by atoms with Crippen LogP contribution in [0.1, 0.15) is 22.4 Å². The van der Waals surface area contributed by atoms with Crippen LogP contribution in [-0.4, -0.2) is 47.2 Å². The normalized spacial score (nSPS) is 11.4. The largest absolute Gasteiger partial charge is 0.496 e. The summed E-state index contributed by atoms with van der Waals surface area (Å²) < 4.78 is 18.6. The van der Waals surface area contributed by atoms with Crippen LogP contribution in [0.3, 0.4) is 0 Å². The maximum Gasteiger partial charge on any atom is 0.262 e. The lowest BCUT2D eigenvalue weighted by Crippen LogP contribution is -2.12. The predicted octanol–water partition coefficient (Wildman–Crippen LogP) is 4.95. The molecule has 37 heavy (non-hydrogen) atoms. The van der Waals surface area contributed by atoms with E-state index in [1.165, 1.54) is 0 Å². The van der Waals surface area contributed by atoms with Crippen LogP contribution < -0.4 is 15.0 Å². The van der Waals surface area contributed by atoms with Gasteiger partial charge in [0.05, 0.1) is 31.5 Å². The van der Waals surface area contributed by atoms with Crippen molar-refractivity contribution in [3.05, 3.63) is 81.3 Å². The number of fused-ring (bicyclic) bond motifs is 3. The standard InChI is InChI=1S/C29H30N4O4/c1-17-13-21(14-18(2)27(17)37-12-11-35-4)28-30-25-24(29(34)31-28)23(36-5)15-22-19(3)32-33(26(22)25)16-20-9-7-6-8-10-20/h6-10,13-15H,11-12,16H2,1-5H3,(H,30,31,34). The van der Waals surface area contributed by atoms with E-state index in [0.29, 0.717) is 42.2 Å². The minimum atomic E-state index is -0.264. The van der Waals surface area contributed by atoms with Crippen LogP contribution in [-0.2, 0) is 11.3 Å². The Morgan fingerprint density at radius 2 is 1.70 bits per heavy atom. The molecule has 5 aromatic rings. The van der Waals surface area contributed by atoms with Gasteiger partial charge in [0.25, 0.3) is 5.56 Å². The van der Waals surface area contributed by atoms with E-state index in [9.17, 15) is 4.79 Å². The predicted molar refractivity (Wildman–Crippen MR) is 145 cm³/mol. The topological polar surface area (TPSA) is 91.3 Å². The van der Waals surface area contributed by atoms with E-state index >= 15 is 0 Å². The summed E-state index contributed by atoms with van der Waals surface area (Å²) in [4.78, 5) is 21.4. The molecule has 0 aliphatic heterocycles. The zero-order valence-electron chi connectivity index (χ0n) is 21.7. The SMILES string of the molecule is COCCOc1c(C)cc(-c2nc3c(c(OC)cc4c(C)nn(Cc5ccccc5)c43)c(=O)[nH]2)cc1C. The molecule has 0 fully saturated rings. The Bertz CT molecular complexity index is 1630.